The zero-order valence-corrected chi connectivity index (χ0v) is 13.3. The normalized spacial score (nSPS) is 23.5. The summed E-state index contributed by atoms with van der Waals surface area (Å²) in [6.07, 6.45) is 0. The molecular formula is C15H23BrN2O. The Hall–Kier alpha value is -0.420. The Morgan fingerprint density at radius 2 is 2.21 bits per heavy atom. The van der Waals surface area contributed by atoms with Crippen molar-refractivity contribution in [1.82, 2.24) is 9.80 Å². The van der Waals surface area contributed by atoms with E-state index in [-0.39, 0.29) is 12.6 Å². The topological polar surface area (TPSA) is 26.7 Å². The molecule has 4 heteroatoms. The highest BCUT2D eigenvalue weighted by atomic mass is 79.9. The van der Waals surface area contributed by atoms with E-state index < -0.39 is 0 Å². The average Bonchev–Trinajstić information content (AvgIpc) is 2.41. The van der Waals surface area contributed by atoms with E-state index in [9.17, 15) is 5.11 Å². The van der Waals surface area contributed by atoms with E-state index in [1.807, 2.05) is 12.1 Å². The third kappa shape index (κ3) is 3.57. The third-order valence-electron chi connectivity index (χ3n) is 4.02. The minimum absolute atomic E-state index is 0.103. The van der Waals surface area contributed by atoms with Crippen LogP contribution in [0, 0.1) is 0 Å². The van der Waals surface area contributed by atoms with Gasteiger partial charge in [-0.3, -0.25) is 4.90 Å². The van der Waals surface area contributed by atoms with E-state index in [0.717, 1.165) is 30.7 Å². The van der Waals surface area contributed by atoms with Gasteiger partial charge >= 0.3 is 0 Å². The lowest BCUT2D eigenvalue weighted by Gasteiger charge is -2.43. The van der Waals surface area contributed by atoms with E-state index in [1.54, 1.807) is 0 Å². The number of aliphatic hydroxyl groups is 1. The molecule has 1 heterocycles. The number of benzene rings is 1. The molecule has 1 N–H and O–H groups in total. The largest absolute Gasteiger partial charge is 0.394 e. The van der Waals surface area contributed by atoms with Crippen LogP contribution in [0.2, 0.25) is 0 Å². The second-order valence-electron chi connectivity index (χ2n) is 5.23. The van der Waals surface area contributed by atoms with Gasteiger partial charge in [0.1, 0.15) is 0 Å². The first kappa shape index (κ1) is 15.0. The second kappa shape index (κ2) is 6.84. The van der Waals surface area contributed by atoms with Crippen LogP contribution in [0.4, 0.5) is 0 Å². The van der Waals surface area contributed by atoms with Crippen LogP contribution in [0.3, 0.4) is 0 Å². The molecule has 1 aliphatic rings. The summed E-state index contributed by atoms with van der Waals surface area (Å²) in [5, 5.41) is 9.79. The molecule has 1 aromatic carbocycles. The molecule has 2 unspecified atom stereocenters. The molecule has 1 aromatic rings. The van der Waals surface area contributed by atoms with Crippen molar-refractivity contribution in [2.45, 2.75) is 25.9 Å². The van der Waals surface area contributed by atoms with Crippen molar-refractivity contribution in [2.75, 3.05) is 32.8 Å². The summed E-state index contributed by atoms with van der Waals surface area (Å²) in [6.45, 7) is 8.94. The van der Waals surface area contributed by atoms with Crippen molar-refractivity contribution >= 4 is 15.9 Å². The molecule has 0 aromatic heterocycles. The van der Waals surface area contributed by atoms with Crippen LogP contribution in [0.15, 0.2) is 28.7 Å². The zero-order chi connectivity index (χ0) is 13.8. The molecule has 0 amide bonds. The predicted octanol–water partition coefficient (Wildman–Crippen LogP) is 2.51. The van der Waals surface area contributed by atoms with E-state index in [4.69, 9.17) is 0 Å². The number of hydrogen-bond donors (Lipinski definition) is 1. The summed E-state index contributed by atoms with van der Waals surface area (Å²) >= 11 is 3.51. The van der Waals surface area contributed by atoms with Crippen LogP contribution in [0.5, 0.6) is 0 Å². The molecule has 19 heavy (non-hydrogen) atoms. The highest BCUT2D eigenvalue weighted by Gasteiger charge is 2.29. The number of likely N-dealkylation sites (N-methyl/N-ethyl adjacent to an activating group) is 1. The summed E-state index contributed by atoms with van der Waals surface area (Å²) in [4.78, 5) is 4.89. The summed E-state index contributed by atoms with van der Waals surface area (Å²) in [6, 6.07) is 8.85. The molecule has 106 valence electrons. The molecule has 0 saturated carbocycles. The molecule has 1 saturated heterocycles. The van der Waals surface area contributed by atoms with Gasteiger partial charge in [-0.1, -0.05) is 35.0 Å². The van der Waals surface area contributed by atoms with Crippen molar-refractivity contribution in [2.24, 2.45) is 0 Å². The minimum atomic E-state index is 0.103. The van der Waals surface area contributed by atoms with Crippen LogP contribution in [-0.4, -0.2) is 53.7 Å². The lowest BCUT2D eigenvalue weighted by Crippen LogP contribution is -2.53. The smallest absolute Gasteiger partial charge is 0.0628 e. The minimum Gasteiger partial charge on any atom is -0.394 e. The Morgan fingerprint density at radius 1 is 1.42 bits per heavy atom. The lowest BCUT2D eigenvalue weighted by atomic mass is 10.0. The van der Waals surface area contributed by atoms with Gasteiger partial charge in [-0.25, -0.2) is 0 Å². The average molecular weight is 327 g/mol. The molecule has 0 radical (unpaired) electrons. The van der Waals surface area contributed by atoms with Gasteiger partial charge in [0.25, 0.3) is 0 Å². The van der Waals surface area contributed by atoms with E-state index in [0.29, 0.717) is 6.04 Å². The Bertz CT molecular complexity index is 413. The highest BCUT2D eigenvalue weighted by molar-refractivity contribution is 9.10. The standard InChI is InChI=1S/C15H23BrN2O/c1-3-17-7-8-18(12(2)10-17)15(11-19)13-5-4-6-14(16)9-13/h4-6,9,12,15,19H,3,7-8,10-11H2,1-2H3. The maximum absolute atomic E-state index is 9.79. The first-order chi connectivity index (χ1) is 9.15. The molecular weight excluding hydrogens is 304 g/mol. The molecule has 1 fully saturated rings. The summed E-state index contributed by atoms with van der Waals surface area (Å²) in [5.41, 5.74) is 1.19. The molecule has 0 bridgehead atoms. The predicted molar refractivity (Wildman–Crippen MR) is 82.3 cm³/mol. The molecule has 0 spiro atoms. The molecule has 3 nitrogen and oxygen atoms in total. The second-order valence-corrected chi connectivity index (χ2v) is 6.15. The maximum atomic E-state index is 9.79. The SMILES string of the molecule is CCN1CCN(C(CO)c2cccc(Br)c2)C(C)C1. The molecule has 0 aliphatic carbocycles. The van der Waals surface area contributed by atoms with E-state index >= 15 is 0 Å². The van der Waals surface area contributed by atoms with Crippen LogP contribution < -0.4 is 0 Å². The monoisotopic (exact) mass is 326 g/mol. The van der Waals surface area contributed by atoms with Gasteiger partial charge in [0.05, 0.1) is 12.6 Å². The lowest BCUT2D eigenvalue weighted by molar-refractivity contribution is 0.0271. The first-order valence-corrected chi connectivity index (χ1v) is 7.79. The fourth-order valence-corrected chi connectivity index (χ4v) is 3.33. The van der Waals surface area contributed by atoms with Crippen LogP contribution in [0.1, 0.15) is 25.5 Å². The van der Waals surface area contributed by atoms with E-state index in [2.05, 4.69) is 51.7 Å². The number of aliphatic hydroxyl groups excluding tert-OH is 1. The quantitative estimate of drug-likeness (QED) is 0.921. The summed E-state index contributed by atoms with van der Waals surface area (Å²) < 4.78 is 1.07. The van der Waals surface area contributed by atoms with Crippen LogP contribution in [-0.2, 0) is 0 Å². The molecule has 2 rings (SSSR count). The van der Waals surface area contributed by atoms with Crippen molar-refractivity contribution in [3.8, 4) is 0 Å². The highest BCUT2D eigenvalue weighted by Crippen LogP contribution is 2.26. The Balaban J connectivity index is 2.14. The van der Waals surface area contributed by atoms with Gasteiger partial charge in [0.2, 0.25) is 0 Å². The van der Waals surface area contributed by atoms with Crippen LogP contribution >= 0.6 is 15.9 Å². The Labute approximate surface area is 124 Å². The fraction of sp³-hybridized carbons (Fsp3) is 0.600. The summed E-state index contributed by atoms with van der Waals surface area (Å²) in [7, 11) is 0. The first-order valence-electron chi connectivity index (χ1n) is 7.00. The molecule has 2 atom stereocenters. The van der Waals surface area contributed by atoms with Gasteiger partial charge in [-0.15, -0.1) is 0 Å². The van der Waals surface area contributed by atoms with Crippen molar-refractivity contribution in [3.63, 3.8) is 0 Å². The maximum Gasteiger partial charge on any atom is 0.0628 e. The van der Waals surface area contributed by atoms with Gasteiger partial charge in [-0.2, -0.15) is 0 Å². The van der Waals surface area contributed by atoms with Gasteiger partial charge in [-0.05, 0) is 31.2 Å². The number of hydrogen-bond acceptors (Lipinski definition) is 3. The van der Waals surface area contributed by atoms with Gasteiger partial charge in [0, 0.05) is 30.1 Å². The number of nitrogens with zero attached hydrogens (tertiary/aromatic N) is 2. The number of piperazine rings is 1. The summed E-state index contributed by atoms with van der Waals surface area (Å²) in [5.74, 6) is 0. The van der Waals surface area contributed by atoms with Gasteiger partial charge < -0.3 is 10.0 Å². The molecule has 1 aliphatic heterocycles. The van der Waals surface area contributed by atoms with E-state index in [1.165, 1.54) is 5.56 Å². The Morgan fingerprint density at radius 3 is 2.79 bits per heavy atom. The number of rotatable bonds is 4. The van der Waals surface area contributed by atoms with Crippen molar-refractivity contribution < 1.29 is 5.11 Å². The zero-order valence-electron chi connectivity index (χ0n) is 11.7. The van der Waals surface area contributed by atoms with Crippen molar-refractivity contribution in [3.05, 3.63) is 34.3 Å². The fourth-order valence-electron chi connectivity index (χ4n) is 2.91. The Kier molecular flexibility index (Phi) is 5.39. The van der Waals surface area contributed by atoms with Crippen molar-refractivity contribution in [1.29, 1.82) is 0 Å². The van der Waals surface area contributed by atoms with Crippen LogP contribution in [0.25, 0.3) is 0 Å². The number of halogens is 1. The third-order valence-corrected chi connectivity index (χ3v) is 4.51. The van der Waals surface area contributed by atoms with Gasteiger partial charge in [0.15, 0.2) is 0 Å².